The third-order valence-corrected chi connectivity index (χ3v) is 8.53. The minimum Gasteiger partial charge on any atom is -0.494 e. The van der Waals surface area contributed by atoms with Crippen molar-refractivity contribution in [3.05, 3.63) is 81.9 Å². The van der Waals surface area contributed by atoms with Crippen molar-refractivity contribution < 1.29 is 38.8 Å². The normalized spacial score (nSPS) is 17.0. The average Bonchev–Trinajstić information content (AvgIpc) is 3.19. The molecule has 1 aromatic heterocycles. The van der Waals surface area contributed by atoms with E-state index in [4.69, 9.17) is 4.74 Å². The molecule has 1 aliphatic heterocycles. The van der Waals surface area contributed by atoms with E-state index in [2.05, 4.69) is 9.71 Å². The summed E-state index contributed by atoms with van der Waals surface area (Å²) in [5.74, 6) is -3.26. The van der Waals surface area contributed by atoms with Crippen molar-refractivity contribution in [1.82, 2.24) is 14.6 Å². The molecule has 0 spiro atoms. The number of anilines is 1. The molecule has 1 aliphatic rings. The van der Waals surface area contributed by atoms with Crippen LogP contribution < -0.4 is 14.8 Å². The number of hydrogen-bond acceptors (Lipinski definition) is 7. The summed E-state index contributed by atoms with van der Waals surface area (Å²) in [4.78, 5) is 30.8. The van der Waals surface area contributed by atoms with E-state index in [1.807, 2.05) is 44.7 Å². The number of hydrogen-bond donors (Lipinski definition) is 2. The second-order valence-electron chi connectivity index (χ2n) is 10.3. The Morgan fingerprint density at radius 1 is 1.10 bits per heavy atom. The number of pyridine rings is 1. The zero-order chi connectivity index (χ0) is 31.0. The smallest absolute Gasteiger partial charge is 0.471 e. The Morgan fingerprint density at radius 2 is 1.74 bits per heavy atom. The van der Waals surface area contributed by atoms with E-state index >= 15 is 0 Å². The Morgan fingerprint density at radius 3 is 2.36 bits per heavy atom. The molecule has 228 valence electrons. The molecule has 0 radical (unpaired) electrons. The number of nitrogens with one attached hydrogen (secondary N) is 2. The van der Waals surface area contributed by atoms with Gasteiger partial charge in [0, 0.05) is 21.5 Å². The molecule has 42 heavy (non-hydrogen) atoms. The zero-order valence-electron chi connectivity index (χ0n) is 23.7. The van der Waals surface area contributed by atoms with Crippen molar-refractivity contribution >= 4 is 27.7 Å². The highest BCUT2D eigenvalue weighted by molar-refractivity contribution is 7.90. The maximum atomic E-state index is 14.0. The first-order valence-corrected chi connectivity index (χ1v) is 14.6. The Bertz CT molecular complexity index is 1650. The third kappa shape index (κ3) is 5.97. The summed E-state index contributed by atoms with van der Waals surface area (Å²) >= 11 is 0. The molecule has 1 atom stereocenters. The second-order valence-corrected chi connectivity index (χ2v) is 11.9. The van der Waals surface area contributed by atoms with Crippen LogP contribution in [0.15, 0.2) is 53.6 Å². The SMILES string of the molecule is CCOc1cccc2c1CN(Cc1c(C)cc(C)cc1C)C2(C)C(=O)NS(=O)(=O)c1cccc(NC(=O)C(F)(F)F)n1.[HH].[HH]. The number of rotatable bonds is 8. The molecule has 2 aromatic carbocycles. The summed E-state index contributed by atoms with van der Waals surface area (Å²) in [6.45, 7) is 10.4. The molecular formula is C29H35F3N4O5S. The van der Waals surface area contributed by atoms with E-state index in [-0.39, 0.29) is 2.85 Å². The molecule has 3 aromatic rings. The molecule has 0 saturated carbocycles. The molecule has 2 amide bonds. The molecule has 2 heterocycles. The molecule has 2 N–H and O–H groups in total. The topological polar surface area (TPSA) is 118 Å². The molecule has 0 saturated heterocycles. The largest absolute Gasteiger partial charge is 0.494 e. The first kappa shape index (κ1) is 31.0. The molecule has 9 nitrogen and oxygen atoms in total. The van der Waals surface area contributed by atoms with Gasteiger partial charge in [0.2, 0.25) is 0 Å². The van der Waals surface area contributed by atoms with Gasteiger partial charge in [0.1, 0.15) is 17.1 Å². The van der Waals surface area contributed by atoms with Crippen LogP contribution >= 0.6 is 0 Å². The lowest BCUT2D eigenvalue weighted by atomic mass is 9.89. The Balaban J connectivity index is 0.00000337. The minimum absolute atomic E-state index is 0. The molecule has 4 rings (SSSR count). The predicted molar refractivity (Wildman–Crippen MR) is 153 cm³/mol. The Labute approximate surface area is 245 Å². The van der Waals surface area contributed by atoms with Crippen LogP contribution in [0.2, 0.25) is 0 Å². The van der Waals surface area contributed by atoms with Crippen LogP contribution in [0.3, 0.4) is 0 Å². The lowest BCUT2D eigenvalue weighted by Gasteiger charge is -2.35. The summed E-state index contributed by atoms with van der Waals surface area (Å²) in [6.07, 6.45) is -5.20. The standard InChI is InChI=1S/C29H31F3N4O5S.2H2/c1-6-41-23-10-7-9-22-21(23)16-36(15-20-18(3)13-17(2)14-19(20)4)28(22,5)26(37)35-42(39,40)25-12-8-11-24(33-25)34-27(38)29(30,31)32;;/h7-14H,6,15-16H2,1-5H3,(H,35,37)(H,33,34,38);2*1H. The van der Waals surface area contributed by atoms with Gasteiger partial charge in [0.05, 0.1) is 6.61 Å². The zero-order valence-corrected chi connectivity index (χ0v) is 24.5. The first-order valence-electron chi connectivity index (χ1n) is 13.1. The van der Waals surface area contributed by atoms with Gasteiger partial charge >= 0.3 is 12.1 Å². The number of fused-ring (bicyclic) bond motifs is 1. The number of ether oxygens (including phenoxy) is 1. The molecule has 1 unspecified atom stereocenters. The van der Waals surface area contributed by atoms with Gasteiger partial charge in [-0.05, 0) is 75.1 Å². The summed E-state index contributed by atoms with van der Waals surface area (Å²) in [5.41, 5.74) is 3.93. The predicted octanol–water partition coefficient (Wildman–Crippen LogP) is 5.13. The van der Waals surface area contributed by atoms with Crippen LogP contribution in [0.5, 0.6) is 5.75 Å². The Hall–Kier alpha value is -3.97. The van der Waals surface area contributed by atoms with E-state index in [0.29, 0.717) is 31.0 Å². The fourth-order valence-corrected chi connectivity index (χ4v) is 6.24. The van der Waals surface area contributed by atoms with E-state index in [1.54, 1.807) is 25.1 Å². The van der Waals surface area contributed by atoms with E-state index in [0.717, 1.165) is 46.0 Å². The number of nitrogens with zero attached hydrogens (tertiary/aromatic N) is 2. The summed E-state index contributed by atoms with van der Waals surface area (Å²) in [7, 11) is -4.67. The van der Waals surface area contributed by atoms with Gasteiger partial charge in [0.25, 0.3) is 15.9 Å². The average molecular weight is 609 g/mol. The molecule has 13 heteroatoms. The number of carbonyl (C=O) groups is 2. The number of carbonyl (C=O) groups excluding carboxylic acids is 2. The van der Waals surface area contributed by atoms with Gasteiger partial charge in [-0.2, -0.15) is 21.6 Å². The molecule has 0 fully saturated rings. The van der Waals surface area contributed by atoms with E-state index < -0.39 is 44.4 Å². The van der Waals surface area contributed by atoms with E-state index in [1.165, 1.54) is 5.32 Å². The van der Waals surface area contributed by atoms with Gasteiger partial charge in [-0.15, -0.1) is 0 Å². The van der Waals surface area contributed by atoms with Crippen molar-refractivity contribution in [2.45, 2.75) is 64.4 Å². The van der Waals surface area contributed by atoms with Crippen molar-refractivity contribution in [1.29, 1.82) is 0 Å². The van der Waals surface area contributed by atoms with Gasteiger partial charge in [-0.3, -0.25) is 14.5 Å². The Kier molecular flexibility index (Phi) is 8.38. The number of aromatic nitrogens is 1. The lowest BCUT2D eigenvalue weighted by Crippen LogP contribution is -2.52. The maximum absolute atomic E-state index is 14.0. The van der Waals surface area contributed by atoms with Gasteiger partial charge in [-0.1, -0.05) is 35.9 Å². The number of amides is 2. The summed E-state index contributed by atoms with van der Waals surface area (Å²) < 4.78 is 72.5. The molecule has 0 bridgehead atoms. The van der Waals surface area contributed by atoms with Crippen molar-refractivity contribution in [2.24, 2.45) is 0 Å². The number of sulfonamides is 1. The van der Waals surface area contributed by atoms with Crippen molar-refractivity contribution in [2.75, 3.05) is 11.9 Å². The summed E-state index contributed by atoms with van der Waals surface area (Å²) in [5, 5.41) is 0.778. The van der Waals surface area contributed by atoms with E-state index in [9.17, 15) is 31.2 Å². The number of halogens is 3. The number of benzene rings is 2. The monoisotopic (exact) mass is 608 g/mol. The van der Waals surface area contributed by atoms with Crippen LogP contribution in [-0.2, 0) is 38.2 Å². The number of alkyl halides is 3. The fourth-order valence-electron chi connectivity index (χ4n) is 5.22. The molecular weight excluding hydrogens is 573 g/mol. The highest BCUT2D eigenvalue weighted by atomic mass is 32.2. The van der Waals surface area contributed by atoms with Crippen LogP contribution in [0.1, 0.15) is 50.1 Å². The number of aryl methyl sites for hydroxylation is 3. The fraction of sp³-hybridized carbons (Fsp3) is 0.345. The van der Waals surface area contributed by atoms with Crippen LogP contribution in [0.25, 0.3) is 0 Å². The summed E-state index contributed by atoms with van der Waals surface area (Å²) in [6, 6.07) is 12.4. The van der Waals surface area contributed by atoms with Crippen molar-refractivity contribution in [3.8, 4) is 5.75 Å². The maximum Gasteiger partial charge on any atom is 0.471 e. The second kappa shape index (κ2) is 11.4. The van der Waals surface area contributed by atoms with Gasteiger partial charge in [-0.25, -0.2) is 9.71 Å². The van der Waals surface area contributed by atoms with Gasteiger partial charge in [0.15, 0.2) is 5.03 Å². The van der Waals surface area contributed by atoms with Crippen LogP contribution in [0.4, 0.5) is 19.0 Å². The minimum atomic E-state index is -5.20. The van der Waals surface area contributed by atoms with Crippen molar-refractivity contribution in [3.63, 3.8) is 0 Å². The lowest BCUT2D eigenvalue weighted by molar-refractivity contribution is -0.167. The first-order chi connectivity index (χ1) is 19.6. The highest BCUT2D eigenvalue weighted by Crippen LogP contribution is 2.44. The van der Waals surface area contributed by atoms with Gasteiger partial charge < -0.3 is 10.1 Å². The highest BCUT2D eigenvalue weighted by Gasteiger charge is 2.49. The third-order valence-electron chi connectivity index (χ3n) is 7.30. The quantitative estimate of drug-likeness (QED) is 0.364. The molecule has 0 aliphatic carbocycles. The van der Waals surface area contributed by atoms with Crippen LogP contribution in [0, 0.1) is 20.8 Å². The van der Waals surface area contributed by atoms with Crippen LogP contribution in [-0.4, -0.2) is 42.9 Å².